The Kier molecular flexibility index (Phi) is 7.22. The number of ether oxygens (including phenoxy) is 2. The Morgan fingerprint density at radius 1 is 1.12 bits per heavy atom. The summed E-state index contributed by atoms with van der Waals surface area (Å²) in [5.41, 5.74) is 1.24. The topological polar surface area (TPSA) is 84.9 Å². The third kappa shape index (κ3) is 4.64. The molecule has 4 amide bonds. The lowest BCUT2D eigenvalue weighted by atomic mass is 10.0. The number of carbonyl (C=O) groups is 3. The fraction of sp³-hybridized carbons (Fsp3) is 0.174. The van der Waals surface area contributed by atoms with Crippen molar-refractivity contribution in [3.63, 3.8) is 0 Å². The minimum atomic E-state index is -0.882. The summed E-state index contributed by atoms with van der Waals surface area (Å²) in [7, 11) is 1.50. The van der Waals surface area contributed by atoms with Crippen molar-refractivity contribution in [2.24, 2.45) is 0 Å². The second-order valence-corrected chi connectivity index (χ2v) is 7.51. The highest BCUT2D eigenvalue weighted by atomic mass is 35.5. The van der Waals surface area contributed by atoms with Crippen LogP contribution in [0.25, 0.3) is 6.08 Å². The van der Waals surface area contributed by atoms with Crippen LogP contribution >= 0.6 is 23.2 Å². The molecule has 0 bridgehead atoms. The molecule has 0 radical (unpaired) electrons. The van der Waals surface area contributed by atoms with Crippen molar-refractivity contribution < 1.29 is 23.9 Å². The van der Waals surface area contributed by atoms with Gasteiger partial charge in [-0.2, -0.15) is 0 Å². The number of hydrogen-bond donors (Lipinski definition) is 1. The van der Waals surface area contributed by atoms with Gasteiger partial charge in [-0.1, -0.05) is 29.3 Å². The zero-order chi connectivity index (χ0) is 23.4. The van der Waals surface area contributed by atoms with Crippen LogP contribution in [0.15, 0.2) is 48.6 Å². The van der Waals surface area contributed by atoms with Crippen LogP contribution in [0.2, 0.25) is 10.0 Å². The van der Waals surface area contributed by atoms with E-state index in [9.17, 15) is 14.4 Å². The number of urea groups is 1. The molecule has 0 spiro atoms. The van der Waals surface area contributed by atoms with Gasteiger partial charge in [0.1, 0.15) is 5.57 Å². The molecule has 2 aromatic rings. The molecule has 1 saturated heterocycles. The van der Waals surface area contributed by atoms with Gasteiger partial charge >= 0.3 is 6.03 Å². The molecule has 0 aromatic heterocycles. The smallest absolute Gasteiger partial charge is 0.335 e. The van der Waals surface area contributed by atoms with Gasteiger partial charge in [0.2, 0.25) is 0 Å². The Morgan fingerprint density at radius 3 is 2.50 bits per heavy atom. The third-order valence-corrected chi connectivity index (χ3v) is 5.34. The largest absolute Gasteiger partial charge is 0.493 e. The summed E-state index contributed by atoms with van der Waals surface area (Å²) < 4.78 is 11.1. The molecule has 0 saturated carbocycles. The van der Waals surface area contributed by atoms with Crippen LogP contribution in [-0.4, -0.2) is 31.6 Å². The normalized spacial score (nSPS) is 15.1. The second-order valence-electron chi connectivity index (χ2n) is 6.69. The molecule has 1 aliphatic rings. The summed E-state index contributed by atoms with van der Waals surface area (Å²) in [6.45, 7) is 6.04. The van der Waals surface area contributed by atoms with Gasteiger partial charge in [-0.05, 0) is 55.3 Å². The number of rotatable bonds is 7. The fourth-order valence-electron chi connectivity index (χ4n) is 3.22. The van der Waals surface area contributed by atoms with Crippen molar-refractivity contribution in [2.45, 2.75) is 13.3 Å². The number of nitrogens with one attached hydrogen (secondary N) is 1. The molecular formula is C23H20Cl2N2O5. The maximum atomic E-state index is 13.1. The predicted octanol–water partition coefficient (Wildman–Crippen LogP) is 4.80. The second kappa shape index (κ2) is 9.89. The van der Waals surface area contributed by atoms with Crippen molar-refractivity contribution in [3.05, 3.63) is 69.7 Å². The first-order valence-electron chi connectivity index (χ1n) is 9.61. The average Bonchev–Trinajstić information content (AvgIpc) is 2.75. The molecule has 0 unspecified atom stereocenters. The Hall–Kier alpha value is -3.29. The quantitative estimate of drug-likeness (QED) is 0.354. The summed E-state index contributed by atoms with van der Waals surface area (Å²) in [6.07, 6.45) is 3.58. The van der Waals surface area contributed by atoms with Gasteiger partial charge in [0.15, 0.2) is 11.5 Å². The lowest BCUT2D eigenvalue weighted by Gasteiger charge is -2.26. The van der Waals surface area contributed by atoms with Crippen molar-refractivity contribution in [1.82, 2.24) is 5.32 Å². The standard InChI is InChI=1S/C23H20Cl2N2O5/c1-4-6-14-9-13(11-19(31-3)20(14)32-5-2)10-16-21(28)26-23(30)27(22(16)29)15-7-8-17(24)18(25)12-15/h4,7-12H,1,5-6H2,2-3H3,(H,26,28,30)/b16-10+. The van der Waals surface area contributed by atoms with Crippen molar-refractivity contribution in [1.29, 1.82) is 0 Å². The van der Waals surface area contributed by atoms with Gasteiger partial charge in [-0.3, -0.25) is 14.9 Å². The molecule has 1 N–H and O–H groups in total. The van der Waals surface area contributed by atoms with E-state index in [1.807, 2.05) is 6.92 Å². The Morgan fingerprint density at radius 2 is 1.88 bits per heavy atom. The zero-order valence-corrected chi connectivity index (χ0v) is 18.9. The van der Waals surface area contributed by atoms with E-state index in [4.69, 9.17) is 32.7 Å². The Balaban J connectivity index is 2.08. The molecule has 0 aliphatic carbocycles. The van der Waals surface area contributed by atoms with E-state index in [0.717, 1.165) is 10.5 Å². The maximum absolute atomic E-state index is 13.1. The summed E-state index contributed by atoms with van der Waals surface area (Å²) in [5.74, 6) is -0.604. The van der Waals surface area contributed by atoms with Crippen LogP contribution in [0.1, 0.15) is 18.1 Å². The molecule has 1 aliphatic heterocycles. The highest BCUT2D eigenvalue weighted by Crippen LogP contribution is 2.35. The first-order valence-corrected chi connectivity index (χ1v) is 10.4. The molecule has 1 heterocycles. The SMILES string of the molecule is C=CCc1cc(/C=C2\C(=O)NC(=O)N(c3ccc(Cl)c(Cl)c3)C2=O)cc(OC)c1OCC. The monoisotopic (exact) mass is 474 g/mol. The number of nitrogens with zero attached hydrogens (tertiary/aromatic N) is 1. The van der Waals surface area contributed by atoms with Gasteiger partial charge in [0.05, 0.1) is 29.4 Å². The summed E-state index contributed by atoms with van der Waals surface area (Å²) >= 11 is 12.0. The molecule has 7 nitrogen and oxygen atoms in total. The van der Waals surface area contributed by atoms with Crippen molar-refractivity contribution >= 4 is 52.8 Å². The molecule has 32 heavy (non-hydrogen) atoms. The van der Waals surface area contributed by atoms with Gasteiger partial charge in [-0.15, -0.1) is 6.58 Å². The van der Waals surface area contributed by atoms with Crippen LogP contribution in [-0.2, 0) is 16.0 Å². The van der Waals surface area contributed by atoms with Crippen LogP contribution in [0.5, 0.6) is 11.5 Å². The predicted molar refractivity (Wildman–Crippen MR) is 124 cm³/mol. The number of anilines is 1. The van der Waals surface area contributed by atoms with E-state index < -0.39 is 17.8 Å². The van der Waals surface area contributed by atoms with Crippen molar-refractivity contribution in [3.8, 4) is 11.5 Å². The lowest BCUT2D eigenvalue weighted by molar-refractivity contribution is -0.122. The van der Waals surface area contributed by atoms with Gasteiger partial charge in [0.25, 0.3) is 11.8 Å². The van der Waals surface area contributed by atoms with E-state index in [1.54, 1.807) is 18.2 Å². The van der Waals surface area contributed by atoms with Crippen LogP contribution in [0, 0.1) is 0 Å². The Labute approximate surface area is 195 Å². The summed E-state index contributed by atoms with van der Waals surface area (Å²) in [4.78, 5) is 38.8. The lowest BCUT2D eigenvalue weighted by Crippen LogP contribution is -2.54. The number of carbonyl (C=O) groups excluding carboxylic acids is 3. The molecule has 0 atom stereocenters. The number of benzene rings is 2. The minimum Gasteiger partial charge on any atom is -0.493 e. The molecule has 166 valence electrons. The number of halogens is 2. The Bertz CT molecular complexity index is 1140. The van der Waals surface area contributed by atoms with Crippen LogP contribution in [0.4, 0.5) is 10.5 Å². The van der Waals surface area contributed by atoms with E-state index in [0.29, 0.717) is 30.1 Å². The highest BCUT2D eigenvalue weighted by molar-refractivity contribution is 6.43. The number of allylic oxidation sites excluding steroid dienone is 1. The van der Waals surface area contributed by atoms with Crippen LogP contribution in [0.3, 0.4) is 0 Å². The molecule has 1 fully saturated rings. The molecule has 3 rings (SSSR count). The zero-order valence-electron chi connectivity index (χ0n) is 17.4. The van der Waals surface area contributed by atoms with E-state index >= 15 is 0 Å². The third-order valence-electron chi connectivity index (χ3n) is 4.60. The van der Waals surface area contributed by atoms with Gasteiger partial charge < -0.3 is 9.47 Å². The summed E-state index contributed by atoms with van der Waals surface area (Å²) in [5, 5.41) is 2.60. The highest BCUT2D eigenvalue weighted by Gasteiger charge is 2.37. The van der Waals surface area contributed by atoms with Gasteiger partial charge in [0, 0.05) is 5.56 Å². The number of methoxy groups -OCH3 is 1. The fourth-order valence-corrected chi connectivity index (χ4v) is 3.51. The average molecular weight is 475 g/mol. The number of amides is 4. The molecule has 9 heteroatoms. The van der Waals surface area contributed by atoms with E-state index in [1.165, 1.54) is 31.4 Å². The number of imide groups is 2. The first-order chi connectivity index (χ1) is 15.3. The van der Waals surface area contributed by atoms with Crippen LogP contribution < -0.4 is 19.7 Å². The van der Waals surface area contributed by atoms with Gasteiger partial charge in [-0.25, -0.2) is 9.69 Å². The van der Waals surface area contributed by atoms with E-state index in [-0.39, 0.29) is 21.3 Å². The maximum Gasteiger partial charge on any atom is 0.335 e. The number of barbiturate groups is 1. The summed E-state index contributed by atoms with van der Waals surface area (Å²) in [6, 6.07) is 6.82. The van der Waals surface area contributed by atoms with Crippen molar-refractivity contribution in [2.75, 3.05) is 18.6 Å². The van der Waals surface area contributed by atoms with E-state index in [2.05, 4.69) is 11.9 Å². The minimum absolute atomic E-state index is 0.164. The first kappa shape index (κ1) is 23.4. The number of hydrogen-bond acceptors (Lipinski definition) is 5. The molecule has 2 aromatic carbocycles. The molecular weight excluding hydrogens is 455 g/mol.